The van der Waals surface area contributed by atoms with Crippen LogP contribution in [0.15, 0.2) is 42.5 Å². The number of hydrogen-bond donors (Lipinski definition) is 2. The minimum absolute atomic E-state index is 0.105. The van der Waals surface area contributed by atoms with Gasteiger partial charge in [0.15, 0.2) is 0 Å². The van der Waals surface area contributed by atoms with Crippen LogP contribution >= 0.6 is 0 Å². The monoisotopic (exact) mass is 286 g/mol. The highest BCUT2D eigenvalue weighted by Gasteiger charge is 2.06. The number of nitrogens with one attached hydrogen (secondary N) is 1. The van der Waals surface area contributed by atoms with Gasteiger partial charge in [-0.05, 0) is 29.8 Å². The van der Waals surface area contributed by atoms with E-state index in [2.05, 4.69) is 5.32 Å². The molecule has 0 atom stereocenters. The Morgan fingerprint density at radius 1 is 1.10 bits per heavy atom. The Morgan fingerprint density at radius 3 is 2.43 bits per heavy atom. The molecule has 2 rings (SSSR count). The molecule has 0 aromatic heterocycles. The molecule has 5 heteroatoms. The molecular formula is C16H18N2O3. The zero-order valence-corrected chi connectivity index (χ0v) is 12.1. The van der Waals surface area contributed by atoms with E-state index in [0.29, 0.717) is 17.1 Å². The first-order chi connectivity index (χ1) is 10.1. The van der Waals surface area contributed by atoms with Gasteiger partial charge in [-0.15, -0.1) is 0 Å². The largest absolute Gasteiger partial charge is 0.497 e. The molecule has 0 aliphatic rings. The number of anilines is 2. The highest BCUT2D eigenvalue weighted by atomic mass is 16.5. The molecule has 0 aliphatic carbocycles. The van der Waals surface area contributed by atoms with Crippen molar-refractivity contribution in [2.24, 2.45) is 0 Å². The number of amides is 1. The topological polar surface area (TPSA) is 73.6 Å². The summed E-state index contributed by atoms with van der Waals surface area (Å²) < 4.78 is 10.2. The summed E-state index contributed by atoms with van der Waals surface area (Å²) in [5.74, 6) is 1.20. The normalized spacial score (nSPS) is 10.0. The maximum absolute atomic E-state index is 12.0. The van der Waals surface area contributed by atoms with Crippen molar-refractivity contribution in [3.8, 4) is 11.5 Å². The molecule has 0 unspecified atom stereocenters. The lowest BCUT2D eigenvalue weighted by Gasteiger charge is -2.09. The third-order valence-corrected chi connectivity index (χ3v) is 3.04. The SMILES string of the molecule is COc1ccc(CC(=O)Nc2ccc(N)c(OC)c2)cc1. The standard InChI is InChI=1S/C16H18N2O3/c1-20-13-6-3-11(4-7-13)9-16(19)18-12-5-8-14(17)15(10-12)21-2/h3-8,10H,9,17H2,1-2H3,(H,18,19). The Bertz CT molecular complexity index is 624. The van der Waals surface area contributed by atoms with Crippen LogP contribution in [-0.4, -0.2) is 20.1 Å². The first-order valence-corrected chi connectivity index (χ1v) is 6.48. The van der Waals surface area contributed by atoms with Crippen LogP contribution in [0.2, 0.25) is 0 Å². The number of methoxy groups -OCH3 is 2. The second-order valence-corrected chi connectivity index (χ2v) is 4.53. The Hall–Kier alpha value is -2.69. The summed E-state index contributed by atoms with van der Waals surface area (Å²) >= 11 is 0. The van der Waals surface area contributed by atoms with Crippen LogP contribution in [0, 0.1) is 0 Å². The number of ether oxygens (including phenoxy) is 2. The van der Waals surface area contributed by atoms with Gasteiger partial charge in [0.05, 0.1) is 26.3 Å². The van der Waals surface area contributed by atoms with Crippen molar-refractivity contribution in [2.75, 3.05) is 25.3 Å². The molecule has 0 saturated carbocycles. The Labute approximate surface area is 123 Å². The van der Waals surface area contributed by atoms with Crippen molar-refractivity contribution in [3.63, 3.8) is 0 Å². The van der Waals surface area contributed by atoms with Crippen molar-refractivity contribution < 1.29 is 14.3 Å². The number of carbonyl (C=O) groups excluding carboxylic acids is 1. The van der Waals surface area contributed by atoms with Crippen LogP contribution in [-0.2, 0) is 11.2 Å². The molecule has 0 aliphatic heterocycles. The maximum Gasteiger partial charge on any atom is 0.228 e. The minimum Gasteiger partial charge on any atom is -0.497 e. The van der Waals surface area contributed by atoms with E-state index in [4.69, 9.17) is 15.2 Å². The smallest absolute Gasteiger partial charge is 0.228 e. The molecule has 0 saturated heterocycles. The van der Waals surface area contributed by atoms with Crippen LogP contribution in [0.3, 0.4) is 0 Å². The number of nitrogens with two attached hydrogens (primary N) is 1. The lowest BCUT2D eigenvalue weighted by atomic mass is 10.1. The maximum atomic E-state index is 12.0. The fourth-order valence-corrected chi connectivity index (χ4v) is 1.92. The van der Waals surface area contributed by atoms with Crippen LogP contribution in [0.1, 0.15) is 5.56 Å². The van der Waals surface area contributed by atoms with Gasteiger partial charge in [-0.2, -0.15) is 0 Å². The number of nitrogen functional groups attached to an aromatic ring is 1. The van der Waals surface area contributed by atoms with E-state index >= 15 is 0 Å². The van der Waals surface area contributed by atoms with Gasteiger partial charge in [0.25, 0.3) is 0 Å². The number of carbonyl (C=O) groups is 1. The molecule has 5 nitrogen and oxygen atoms in total. The summed E-state index contributed by atoms with van der Waals surface area (Å²) in [6, 6.07) is 12.5. The van der Waals surface area contributed by atoms with Gasteiger partial charge in [0, 0.05) is 11.8 Å². The fourth-order valence-electron chi connectivity index (χ4n) is 1.92. The van der Waals surface area contributed by atoms with E-state index in [9.17, 15) is 4.79 Å². The number of benzene rings is 2. The third-order valence-electron chi connectivity index (χ3n) is 3.04. The molecule has 0 radical (unpaired) electrons. The van der Waals surface area contributed by atoms with Crippen molar-refractivity contribution in [3.05, 3.63) is 48.0 Å². The zero-order chi connectivity index (χ0) is 15.2. The highest BCUT2D eigenvalue weighted by molar-refractivity contribution is 5.92. The Kier molecular flexibility index (Phi) is 4.66. The second kappa shape index (κ2) is 6.65. The zero-order valence-electron chi connectivity index (χ0n) is 12.1. The molecular weight excluding hydrogens is 268 g/mol. The number of hydrogen-bond acceptors (Lipinski definition) is 4. The van der Waals surface area contributed by atoms with E-state index in [0.717, 1.165) is 11.3 Å². The van der Waals surface area contributed by atoms with Crippen LogP contribution < -0.4 is 20.5 Å². The molecule has 21 heavy (non-hydrogen) atoms. The quantitative estimate of drug-likeness (QED) is 0.828. The van der Waals surface area contributed by atoms with Gasteiger partial charge in [-0.3, -0.25) is 4.79 Å². The molecule has 0 bridgehead atoms. The summed E-state index contributed by atoms with van der Waals surface area (Å²) in [5, 5.41) is 2.82. The van der Waals surface area contributed by atoms with Crippen molar-refractivity contribution in [1.82, 2.24) is 0 Å². The average Bonchev–Trinajstić information content (AvgIpc) is 2.50. The summed E-state index contributed by atoms with van der Waals surface area (Å²) in [4.78, 5) is 12.0. The Morgan fingerprint density at radius 2 is 1.81 bits per heavy atom. The first-order valence-electron chi connectivity index (χ1n) is 6.48. The predicted molar refractivity (Wildman–Crippen MR) is 82.7 cm³/mol. The number of rotatable bonds is 5. The molecule has 2 aromatic carbocycles. The van der Waals surface area contributed by atoms with Crippen molar-refractivity contribution >= 4 is 17.3 Å². The highest BCUT2D eigenvalue weighted by Crippen LogP contribution is 2.25. The molecule has 0 spiro atoms. The van der Waals surface area contributed by atoms with E-state index in [1.165, 1.54) is 7.11 Å². The molecule has 2 aromatic rings. The summed E-state index contributed by atoms with van der Waals surface area (Å²) in [5.41, 5.74) is 7.83. The van der Waals surface area contributed by atoms with E-state index in [1.54, 1.807) is 25.3 Å². The average molecular weight is 286 g/mol. The molecule has 1 amide bonds. The van der Waals surface area contributed by atoms with Crippen molar-refractivity contribution in [2.45, 2.75) is 6.42 Å². The van der Waals surface area contributed by atoms with E-state index < -0.39 is 0 Å². The summed E-state index contributed by atoms with van der Waals surface area (Å²) in [7, 11) is 3.14. The van der Waals surface area contributed by atoms with Gasteiger partial charge in [-0.25, -0.2) is 0 Å². The first kappa shape index (κ1) is 14.7. The molecule has 110 valence electrons. The summed E-state index contributed by atoms with van der Waals surface area (Å²) in [6.07, 6.45) is 0.288. The van der Waals surface area contributed by atoms with Gasteiger partial charge in [0.1, 0.15) is 11.5 Å². The second-order valence-electron chi connectivity index (χ2n) is 4.53. The van der Waals surface area contributed by atoms with Crippen LogP contribution in [0.4, 0.5) is 11.4 Å². The summed E-state index contributed by atoms with van der Waals surface area (Å²) in [6.45, 7) is 0. The fraction of sp³-hybridized carbons (Fsp3) is 0.188. The lowest BCUT2D eigenvalue weighted by Crippen LogP contribution is -2.14. The molecule has 0 heterocycles. The van der Waals surface area contributed by atoms with Crippen LogP contribution in [0.25, 0.3) is 0 Å². The van der Waals surface area contributed by atoms with Gasteiger partial charge < -0.3 is 20.5 Å². The lowest BCUT2D eigenvalue weighted by molar-refractivity contribution is -0.115. The molecule has 3 N–H and O–H groups in total. The third kappa shape index (κ3) is 3.89. The van der Waals surface area contributed by atoms with Gasteiger partial charge >= 0.3 is 0 Å². The van der Waals surface area contributed by atoms with Gasteiger partial charge in [0.2, 0.25) is 5.91 Å². The Balaban J connectivity index is 2.00. The van der Waals surface area contributed by atoms with Crippen molar-refractivity contribution in [1.29, 1.82) is 0 Å². The van der Waals surface area contributed by atoms with Gasteiger partial charge in [-0.1, -0.05) is 12.1 Å². The van der Waals surface area contributed by atoms with Crippen LogP contribution in [0.5, 0.6) is 11.5 Å². The minimum atomic E-state index is -0.105. The molecule has 0 fully saturated rings. The van der Waals surface area contributed by atoms with E-state index in [-0.39, 0.29) is 12.3 Å². The predicted octanol–water partition coefficient (Wildman–Crippen LogP) is 2.47. The van der Waals surface area contributed by atoms with E-state index in [1.807, 2.05) is 24.3 Å².